The molecule has 2 heteroatoms. The Hall–Kier alpha value is -1.02. The molecule has 2 nitrogen and oxygen atoms in total. The van der Waals surface area contributed by atoms with Crippen molar-refractivity contribution in [2.75, 3.05) is 13.1 Å². The summed E-state index contributed by atoms with van der Waals surface area (Å²) >= 11 is 0. The van der Waals surface area contributed by atoms with E-state index in [0.29, 0.717) is 6.10 Å². The standard InChI is InChI=1S/C17H27NO/c1-13(2)12-18-9-5-4-6-16-11-15-10-14(3)7-8-17(15)19-16/h7-8,10,13,16,18H,4-6,9,11-12H2,1-3H3. The van der Waals surface area contributed by atoms with Crippen LogP contribution in [0.3, 0.4) is 0 Å². The third-order valence-corrected chi connectivity index (χ3v) is 3.64. The molecule has 0 spiro atoms. The Kier molecular flexibility index (Phi) is 5.26. The molecule has 0 saturated carbocycles. The molecule has 2 rings (SSSR count). The summed E-state index contributed by atoms with van der Waals surface area (Å²) < 4.78 is 5.99. The van der Waals surface area contributed by atoms with Gasteiger partial charge < -0.3 is 10.1 Å². The van der Waals surface area contributed by atoms with Crippen molar-refractivity contribution in [2.45, 2.75) is 52.6 Å². The van der Waals surface area contributed by atoms with E-state index >= 15 is 0 Å². The van der Waals surface area contributed by atoms with Crippen LogP contribution >= 0.6 is 0 Å². The van der Waals surface area contributed by atoms with E-state index in [1.807, 2.05) is 0 Å². The van der Waals surface area contributed by atoms with Gasteiger partial charge in [-0.25, -0.2) is 0 Å². The van der Waals surface area contributed by atoms with Crippen LogP contribution in [-0.2, 0) is 6.42 Å². The van der Waals surface area contributed by atoms with E-state index < -0.39 is 0 Å². The van der Waals surface area contributed by atoms with E-state index in [1.165, 1.54) is 30.4 Å². The molecule has 0 fully saturated rings. The molecule has 19 heavy (non-hydrogen) atoms. The number of aryl methyl sites for hydroxylation is 1. The molecular formula is C17H27NO. The van der Waals surface area contributed by atoms with E-state index in [0.717, 1.165) is 31.2 Å². The lowest BCUT2D eigenvalue weighted by molar-refractivity contribution is 0.216. The Morgan fingerprint density at radius 3 is 2.95 bits per heavy atom. The van der Waals surface area contributed by atoms with Gasteiger partial charge in [0.05, 0.1) is 0 Å². The fourth-order valence-electron chi connectivity index (χ4n) is 2.62. The van der Waals surface area contributed by atoms with Crippen molar-refractivity contribution in [1.29, 1.82) is 0 Å². The number of ether oxygens (including phenoxy) is 1. The molecule has 1 aliphatic heterocycles. The predicted octanol–water partition coefficient (Wildman–Crippen LogP) is 3.71. The van der Waals surface area contributed by atoms with Crippen LogP contribution < -0.4 is 10.1 Å². The minimum absolute atomic E-state index is 0.405. The summed E-state index contributed by atoms with van der Waals surface area (Å²) in [4.78, 5) is 0. The minimum Gasteiger partial charge on any atom is -0.490 e. The van der Waals surface area contributed by atoms with Gasteiger partial charge in [-0.1, -0.05) is 31.5 Å². The van der Waals surface area contributed by atoms with Crippen LogP contribution in [0.5, 0.6) is 5.75 Å². The van der Waals surface area contributed by atoms with E-state index in [-0.39, 0.29) is 0 Å². The first kappa shape index (κ1) is 14.4. The van der Waals surface area contributed by atoms with Crippen molar-refractivity contribution in [2.24, 2.45) is 5.92 Å². The summed E-state index contributed by atoms with van der Waals surface area (Å²) in [6.45, 7) is 8.91. The van der Waals surface area contributed by atoms with Gasteiger partial charge in [-0.05, 0) is 56.8 Å². The molecule has 0 saturated heterocycles. The minimum atomic E-state index is 0.405. The Balaban J connectivity index is 1.62. The zero-order chi connectivity index (χ0) is 13.7. The highest BCUT2D eigenvalue weighted by Crippen LogP contribution is 2.31. The van der Waals surface area contributed by atoms with Gasteiger partial charge in [0, 0.05) is 6.42 Å². The highest BCUT2D eigenvalue weighted by molar-refractivity contribution is 5.40. The van der Waals surface area contributed by atoms with Crippen LogP contribution in [-0.4, -0.2) is 19.2 Å². The average molecular weight is 261 g/mol. The number of nitrogens with one attached hydrogen (secondary N) is 1. The molecule has 1 heterocycles. The summed E-state index contributed by atoms with van der Waals surface area (Å²) in [5.74, 6) is 1.85. The lowest BCUT2D eigenvalue weighted by Crippen LogP contribution is -2.21. The van der Waals surface area contributed by atoms with E-state index in [9.17, 15) is 0 Å². The molecule has 0 radical (unpaired) electrons. The van der Waals surface area contributed by atoms with Gasteiger partial charge in [-0.3, -0.25) is 0 Å². The molecule has 0 bridgehead atoms. The van der Waals surface area contributed by atoms with Crippen molar-refractivity contribution in [3.8, 4) is 5.75 Å². The van der Waals surface area contributed by atoms with Gasteiger partial charge in [-0.15, -0.1) is 0 Å². The summed E-state index contributed by atoms with van der Waals surface area (Å²) in [7, 11) is 0. The zero-order valence-corrected chi connectivity index (χ0v) is 12.5. The first-order valence-electron chi connectivity index (χ1n) is 7.62. The normalized spacial score (nSPS) is 17.6. The molecule has 1 aliphatic rings. The monoisotopic (exact) mass is 261 g/mol. The Bertz CT molecular complexity index is 400. The fourth-order valence-corrected chi connectivity index (χ4v) is 2.62. The average Bonchev–Trinajstić information content (AvgIpc) is 2.75. The third-order valence-electron chi connectivity index (χ3n) is 3.64. The second-order valence-electron chi connectivity index (χ2n) is 6.15. The smallest absolute Gasteiger partial charge is 0.123 e. The van der Waals surface area contributed by atoms with Crippen LogP contribution in [0.2, 0.25) is 0 Å². The summed E-state index contributed by atoms with van der Waals surface area (Å²) in [6, 6.07) is 6.52. The zero-order valence-electron chi connectivity index (χ0n) is 12.5. The summed E-state index contributed by atoms with van der Waals surface area (Å²) in [5, 5.41) is 3.49. The van der Waals surface area contributed by atoms with Gasteiger partial charge in [0.25, 0.3) is 0 Å². The lowest BCUT2D eigenvalue weighted by atomic mass is 10.0. The SMILES string of the molecule is Cc1ccc2c(c1)CC(CCCCNCC(C)C)O2. The predicted molar refractivity (Wildman–Crippen MR) is 80.9 cm³/mol. The number of rotatable bonds is 7. The fraction of sp³-hybridized carbons (Fsp3) is 0.647. The number of hydrogen-bond donors (Lipinski definition) is 1. The van der Waals surface area contributed by atoms with Gasteiger partial charge in [-0.2, -0.15) is 0 Å². The van der Waals surface area contributed by atoms with E-state index in [4.69, 9.17) is 4.74 Å². The maximum atomic E-state index is 5.99. The van der Waals surface area contributed by atoms with Crippen molar-refractivity contribution < 1.29 is 4.74 Å². The highest BCUT2D eigenvalue weighted by atomic mass is 16.5. The van der Waals surface area contributed by atoms with E-state index in [2.05, 4.69) is 44.3 Å². The van der Waals surface area contributed by atoms with Crippen molar-refractivity contribution >= 4 is 0 Å². The molecule has 0 aliphatic carbocycles. The van der Waals surface area contributed by atoms with Gasteiger partial charge in [0.15, 0.2) is 0 Å². The van der Waals surface area contributed by atoms with Crippen molar-refractivity contribution in [3.63, 3.8) is 0 Å². The molecule has 1 N–H and O–H groups in total. The molecular weight excluding hydrogens is 234 g/mol. The molecule has 1 aromatic rings. The quantitative estimate of drug-likeness (QED) is 0.755. The number of benzene rings is 1. The molecule has 106 valence electrons. The molecule has 0 aromatic heterocycles. The van der Waals surface area contributed by atoms with Gasteiger partial charge in [0.2, 0.25) is 0 Å². The lowest BCUT2D eigenvalue weighted by Gasteiger charge is -2.11. The van der Waals surface area contributed by atoms with Crippen molar-refractivity contribution in [1.82, 2.24) is 5.32 Å². The summed E-state index contributed by atoms with van der Waals surface area (Å²) in [6.07, 6.45) is 5.18. The maximum Gasteiger partial charge on any atom is 0.123 e. The summed E-state index contributed by atoms with van der Waals surface area (Å²) in [5.41, 5.74) is 2.73. The topological polar surface area (TPSA) is 21.3 Å². The molecule has 1 atom stereocenters. The number of unbranched alkanes of at least 4 members (excludes halogenated alkanes) is 1. The number of fused-ring (bicyclic) bond motifs is 1. The maximum absolute atomic E-state index is 5.99. The van der Waals surface area contributed by atoms with Crippen LogP contribution in [0.25, 0.3) is 0 Å². The first-order chi connectivity index (χ1) is 9.15. The number of hydrogen-bond acceptors (Lipinski definition) is 2. The van der Waals surface area contributed by atoms with E-state index in [1.54, 1.807) is 0 Å². The second-order valence-corrected chi connectivity index (χ2v) is 6.15. The Morgan fingerprint density at radius 1 is 1.32 bits per heavy atom. The molecule has 1 aromatic carbocycles. The van der Waals surface area contributed by atoms with Crippen LogP contribution in [0.15, 0.2) is 18.2 Å². The van der Waals surface area contributed by atoms with Gasteiger partial charge in [0.1, 0.15) is 11.9 Å². The van der Waals surface area contributed by atoms with Gasteiger partial charge >= 0.3 is 0 Å². The van der Waals surface area contributed by atoms with Crippen molar-refractivity contribution in [3.05, 3.63) is 29.3 Å². The molecule has 1 unspecified atom stereocenters. The Labute approximate surface area is 117 Å². The van der Waals surface area contributed by atoms with Crippen LogP contribution in [0.4, 0.5) is 0 Å². The Morgan fingerprint density at radius 2 is 2.16 bits per heavy atom. The van der Waals surface area contributed by atoms with Crippen LogP contribution in [0.1, 0.15) is 44.2 Å². The largest absolute Gasteiger partial charge is 0.490 e. The molecule has 0 amide bonds. The highest BCUT2D eigenvalue weighted by Gasteiger charge is 2.21. The second kappa shape index (κ2) is 6.95. The van der Waals surface area contributed by atoms with Crippen LogP contribution in [0, 0.1) is 12.8 Å². The third kappa shape index (κ3) is 4.54. The first-order valence-corrected chi connectivity index (χ1v) is 7.62.